The number of carbonyl (C=O) groups excluding carboxylic acids is 1. The van der Waals surface area contributed by atoms with Gasteiger partial charge in [0, 0.05) is 24.2 Å². The molecule has 24 heavy (non-hydrogen) atoms. The van der Waals surface area contributed by atoms with E-state index in [9.17, 15) is 4.79 Å². The molecule has 2 aliphatic rings. The van der Waals surface area contributed by atoms with Crippen LogP contribution < -0.4 is 10.3 Å². The number of hydrazone groups is 1. The predicted molar refractivity (Wildman–Crippen MR) is 96.6 cm³/mol. The lowest BCUT2D eigenvalue weighted by Gasteiger charge is -2.26. The zero-order valence-corrected chi connectivity index (χ0v) is 15.3. The molecule has 1 aromatic heterocycles. The first-order valence-electron chi connectivity index (χ1n) is 8.77. The second-order valence-electron chi connectivity index (χ2n) is 6.70. The molecule has 2 fully saturated rings. The molecule has 3 rings (SSSR count). The summed E-state index contributed by atoms with van der Waals surface area (Å²) in [6.07, 6.45) is 3.85. The Morgan fingerprint density at radius 2 is 2.08 bits per heavy atom. The van der Waals surface area contributed by atoms with Crippen LogP contribution in [0.15, 0.2) is 10.5 Å². The van der Waals surface area contributed by atoms with Crippen LogP contribution in [-0.4, -0.2) is 42.9 Å². The molecule has 0 unspecified atom stereocenters. The van der Waals surface area contributed by atoms with Gasteiger partial charge in [-0.2, -0.15) is 5.10 Å². The van der Waals surface area contributed by atoms with Crippen LogP contribution in [0.3, 0.4) is 0 Å². The van der Waals surface area contributed by atoms with E-state index in [-0.39, 0.29) is 12.3 Å². The molecule has 1 saturated carbocycles. The number of nitrogens with one attached hydrogen (secondary N) is 1. The van der Waals surface area contributed by atoms with Crippen LogP contribution in [0, 0.1) is 11.8 Å². The normalized spacial score (nSPS) is 24.8. The molecule has 2 atom stereocenters. The highest BCUT2D eigenvalue weighted by Crippen LogP contribution is 2.26. The maximum Gasteiger partial charge on any atom is 0.246 e. The SMILES string of the molecule is C[C@@H]1CCC[C@@H](C)C1=NNC(=O)Cc1csc(N2CCOCC2)n1. The van der Waals surface area contributed by atoms with E-state index in [4.69, 9.17) is 4.74 Å². The van der Waals surface area contributed by atoms with E-state index in [1.165, 1.54) is 6.42 Å². The highest BCUT2D eigenvalue weighted by atomic mass is 32.1. The molecule has 0 bridgehead atoms. The Bertz CT molecular complexity index is 583. The maximum absolute atomic E-state index is 12.2. The molecule has 0 aromatic carbocycles. The Morgan fingerprint density at radius 1 is 1.38 bits per heavy atom. The smallest absolute Gasteiger partial charge is 0.246 e. The van der Waals surface area contributed by atoms with Crippen molar-refractivity contribution >= 4 is 28.1 Å². The van der Waals surface area contributed by atoms with E-state index in [1.54, 1.807) is 11.3 Å². The molecule has 2 heterocycles. The van der Waals surface area contributed by atoms with Crippen molar-refractivity contribution in [1.29, 1.82) is 0 Å². The first-order valence-corrected chi connectivity index (χ1v) is 9.65. The molecule has 132 valence electrons. The van der Waals surface area contributed by atoms with E-state index < -0.39 is 0 Å². The number of amides is 1. The topological polar surface area (TPSA) is 66.8 Å². The summed E-state index contributed by atoms with van der Waals surface area (Å²) in [6.45, 7) is 7.59. The van der Waals surface area contributed by atoms with Crippen LogP contribution in [0.2, 0.25) is 0 Å². The van der Waals surface area contributed by atoms with E-state index in [0.29, 0.717) is 11.8 Å². The van der Waals surface area contributed by atoms with Gasteiger partial charge in [-0.3, -0.25) is 4.79 Å². The summed E-state index contributed by atoms with van der Waals surface area (Å²) in [4.78, 5) is 19.0. The molecular weight excluding hydrogens is 324 g/mol. The molecule has 7 heteroatoms. The number of morpholine rings is 1. The second-order valence-corrected chi connectivity index (χ2v) is 7.54. The summed E-state index contributed by atoms with van der Waals surface area (Å²) in [5, 5.41) is 7.34. The van der Waals surface area contributed by atoms with Crippen molar-refractivity contribution < 1.29 is 9.53 Å². The summed E-state index contributed by atoms with van der Waals surface area (Å²) in [7, 11) is 0. The Kier molecular flexibility index (Phi) is 5.84. The zero-order valence-electron chi connectivity index (χ0n) is 14.5. The zero-order chi connectivity index (χ0) is 16.9. The van der Waals surface area contributed by atoms with Gasteiger partial charge >= 0.3 is 0 Å². The average molecular weight is 350 g/mol. The minimum atomic E-state index is -0.0914. The summed E-state index contributed by atoms with van der Waals surface area (Å²) in [5.41, 5.74) is 4.67. The number of anilines is 1. The van der Waals surface area contributed by atoms with Gasteiger partial charge in [0.25, 0.3) is 0 Å². The number of carbonyl (C=O) groups is 1. The molecule has 1 amide bonds. The Hall–Kier alpha value is -1.47. The molecule has 1 N–H and O–H groups in total. The number of nitrogens with zero attached hydrogens (tertiary/aromatic N) is 3. The summed E-state index contributed by atoms with van der Waals surface area (Å²) in [6, 6.07) is 0. The van der Waals surface area contributed by atoms with Gasteiger partial charge in [-0.15, -0.1) is 11.3 Å². The number of hydrogen-bond acceptors (Lipinski definition) is 6. The lowest BCUT2D eigenvalue weighted by Crippen LogP contribution is -2.36. The van der Waals surface area contributed by atoms with Crippen LogP contribution in [-0.2, 0) is 16.0 Å². The standard InChI is InChI=1S/C17H26N4O2S/c1-12-4-3-5-13(2)16(12)20-19-15(22)10-14-11-24-17(18-14)21-6-8-23-9-7-21/h11-13H,3-10H2,1-2H3,(H,19,22)/t12-,13-/m1/s1. The lowest BCUT2D eigenvalue weighted by molar-refractivity contribution is -0.120. The van der Waals surface area contributed by atoms with E-state index in [0.717, 1.165) is 55.7 Å². The third-order valence-electron chi connectivity index (χ3n) is 4.76. The molecule has 6 nitrogen and oxygen atoms in total. The summed E-state index contributed by atoms with van der Waals surface area (Å²) < 4.78 is 5.36. The number of aromatic nitrogens is 1. The molecule has 0 spiro atoms. The monoisotopic (exact) mass is 350 g/mol. The molecular formula is C17H26N4O2S. The van der Waals surface area contributed by atoms with Gasteiger partial charge in [0.15, 0.2) is 5.13 Å². The van der Waals surface area contributed by atoms with E-state index >= 15 is 0 Å². The Labute approximate surface area is 147 Å². The molecule has 1 aliphatic heterocycles. The number of hydrogen-bond donors (Lipinski definition) is 1. The first-order chi connectivity index (χ1) is 11.6. The van der Waals surface area contributed by atoms with Crippen molar-refractivity contribution in [2.45, 2.75) is 39.5 Å². The highest BCUT2D eigenvalue weighted by Gasteiger charge is 2.23. The second kappa shape index (κ2) is 8.07. The van der Waals surface area contributed by atoms with Gasteiger partial charge in [-0.05, 0) is 24.7 Å². The number of ether oxygens (including phenoxy) is 1. The summed E-state index contributed by atoms with van der Waals surface area (Å²) >= 11 is 1.59. The molecule has 1 aromatic rings. The largest absolute Gasteiger partial charge is 0.378 e. The number of thiazole rings is 1. The molecule has 1 aliphatic carbocycles. The fourth-order valence-electron chi connectivity index (χ4n) is 3.34. The minimum Gasteiger partial charge on any atom is -0.378 e. The van der Waals surface area contributed by atoms with Gasteiger partial charge in [-0.1, -0.05) is 20.3 Å². The van der Waals surface area contributed by atoms with Crippen LogP contribution in [0.4, 0.5) is 5.13 Å². The first kappa shape index (κ1) is 17.4. The number of rotatable bonds is 4. The van der Waals surface area contributed by atoms with Gasteiger partial charge in [0.05, 0.1) is 25.3 Å². The van der Waals surface area contributed by atoms with Crippen LogP contribution in [0.1, 0.15) is 38.8 Å². The van der Waals surface area contributed by atoms with Crippen LogP contribution >= 0.6 is 11.3 Å². The highest BCUT2D eigenvalue weighted by molar-refractivity contribution is 7.13. The van der Waals surface area contributed by atoms with Gasteiger partial charge in [0.1, 0.15) is 0 Å². The van der Waals surface area contributed by atoms with Crippen molar-refractivity contribution in [3.8, 4) is 0 Å². The van der Waals surface area contributed by atoms with Crippen LogP contribution in [0.25, 0.3) is 0 Å². The van der Waals surface area contributed by atoms with E-state index in [2.05, 4.69) is 34.3 Å². The minimum absolute atomic E-state index is 0.0914. The molecule has 0 radical (unpaired) electrons. The average Bonchev–Trinajstić information content (AvgIpc) is 3.03. The third kappa shape index (κ3) is 4.33. The van der Waals surface area contributed by atoms with Gasteiger partial charge in [-0.25, -0.2) is 10.4 Å². The third-order valence-corrected chi connectivity index (χ3v) is 5.71. The van der Waals surface area contributed by atoms with Crippen molar-refractivity contribution in [2.24, 2.45) is 16.9 Å². The van der Waals surface area contributed by atoms with Gasteiger partial charge in [0.2, 0.25) is 5.91 Å². The quantitative estimate of drug-likeness (QED) is 0.847. The maximum atomic E-state index is 12.2. The lowest BCUT2D eigenvalue weighted by atomic mass is 9.81. The predicted octanol–water partition coefficient (Wildman–Crippen LogP) is 2.45. The molecule has 1 saturated heterocycles. The van der Waals surface area contributed by atoms with Crippen molar-refractivity contribution in [3.05, 3.63) is 11.1 Å². The van der Waals surface area contributed by atoms with Crippen LogP contribution in [0.5, 0.6) is 0 Å². The van der Waals surface area contributed by atoms with E-state index in [1.807, 2.05) is 5.38 Å². The Balaban J connectivity index is 1.54. The summed E-state index contributed by atoms with van der Waals surface area (Å²) in [5.74, 6) is 0.828. The Morgan fingerprint density at radius 3 is 2.79 bits per heavy atom. The fraction of sp³-hybridized carbons (Fsp3) is 0.706. The van der Waals surface area contributed by atoms with Crippen molar-refractivity contribution in [1.82, 2.24) is 10.4 Å². The van der Waals surface area contributed by atoms with Crippen molar-refractivity contribution in [3.63, 3.8) is 0 Å². The van der Waals surface area contributed by atoms with Gasteiger partial charge < -0.3 is 9.64 Å². The fourth-order valence-corrected chi connectivity index (χ4v) is 4.22. The van der Waals surface area contributed by atoms with Crippen molar-refractivity contribution in [2.75, 3.05) is 31.2 Å².